The van der Waals surface area contributed by atoms with Crippen LogP contribution in [0, 0.1) is 0 Å². The Morgan fingerprint density at radius 3 is 2.52 bits per heavy atom. The minimum absolute atomic E-state index is 0.181. The molecular formula is C17H14F4N4O2. The molecular weight excluding hydrogens is 368 g/mol. The van der Waals surface area contributed by atoms with Gasteiger partial charge in [0.1, 0.15) is 11.5 Å². The van der Waals surface area contributed by atoms with Gasteiger partial charge < -0.3 is 14.5 Å². The zero-order valence-corrected chi connectivity index (χ0v) is 13.9. The fourth-order valence-corrected chi connectivity index (χ4v) is 2.37. The van der Waals surface area contributed by atoms with Gasteiger partial charge in [-0.25, -0.2) is 10.4 Å². The first-order valence-corrected chi connectivity index (χ1v) is 7.71. The molecule has 0 unspecified atom stereocenters. The molecule has 1 aromatic heterocycles. The second-order valence-corrected chi connectivity index (χ2v) is 5.33. The van der Waals surface area contributed by atoms with Crippen LogP contribution in [0.25, 0.3) is 11.0 Å². The van der Waals surface area contributed by atoms with Crippen molar-refractivity contribution in [1.29, 1.82) is 0 Å². The van der Waals surface area contributed by atoms with Crippen molar-refractivity contribution in [1.82, 2.24) is 9.97 Å². The number of nitrogens with one attached hydrogen (secondary N) is 2. The lowest BCUT2D eigenvalue weighted by molar-refractivity contribution is -0.0543. The van der Waals surface area contributed by atoms with E-state index in [0.717, 1.165) is 17.1 Å². The van der Waals surface area contributed by atoms with E-state index in [4.69, 9.17) is 0 Å². The summed E-state index contributed by atoms with van der Waals surface area (Å²) in [5.41, 5.74) is 4.66. The van der Waals surface area contributed by atoms with Crippen molar-refractivity contribution in [3.63, 3.8) is 0 Å². The number of anilines is 1. The number of para-hydroxylation sites is 2. The topological polar surface area (TPSA) is 71.5 Å². The third-order valence-electron chi connectivity index (χ3n) is 3.50. The van der Waals surface area contributed by atoms with Gasteiger partial charge in [-0.15, -0.1) is 0 Å². The quantitative estimate of drug-likeness (QED) is 0.356. The van der Waals surface area contributed by atoms with Crippen molar-refractivity contribution in [2.75, 3.05) is 5.43 Å². The Kier molecular flexibility index (Phi) is 5.43. The molecule has 142 valence electrons. The Hall–Kier alpha value is -3.30. The lowest BCUT2D eigenvalue weighted by Crippen LogP contribution is -2.09. The van der Waals surface area contributed by atoms with E-state index >= 15 is 0 Å². The molecule has 0 radical (unpaired) electrons. The number of imidazole rings is 1. The lowest BCUT2D eigenvalue weighted by Gasteiger charge is -2.13. The minimum Gasteiger partial charge on any atom is -0.435 e. The number of hydrogen-bond acceptors (Lipinski definition) is 5. The maximum atomic E-state index is 12.6. The Morgan fingerprint density at radius 1 is 1.07 bits per heavy atom. The van der Waals surface area contributed by atoms with Crippen LogP contribution in [0.4, 0.5) is 23.5 Å². The first kappa shape index (κ1) is 18.5. The maximum Gasteiger partial charge on any atom is 0.387 e. The number of aromatic amines is 1. The molecule has 0 aliphatic heterocycles. The summed E-state index contributed by atoms with van der Waals surface area (Å²) < 4.78 is 58.5. The van der Waals surface area contributed by atoms with E-state index in [1.165, 1.54) is 19.1 Å². The first-order chi connectivity index (χ1) is 12.9. The van der Waals surface area contributed by atoms with Gasteiger partial charge in [0.25, 0.3) is 0 Å². The fraction of sp³-hybridized carbons (Fsp3) is 0.176. The van der Waals surface area contributed by atoms with E-state index < -0.39 is 13.2 Å². The number of fused-ring (bicyclic) bond motifs is 1. The number of benzene rings is 2. The molecule has 3 rings (SSSR count). The van der Waals surface area contributed by atoms with E-state index in [-0.39, 0.29) is 22.8 Å². The highest BCUT2D eigenvalue weighted by Gasteiger charge is 2.15. The van der Waals surface area contributed by atoms with E-state index in [1.807, 2.05) is 24.3 Å². The molecule has 6 nitrogen and oxygen atoms in total. The van der Waals surface area contributed by atoms with E-state index in [2.05, 4.69) is 30.0 Å². The number of nitrogens with zero attached hydrogens (tertiary/aromatic N) is 2. The maximum absolute atomic E-state index is 12.6. The van der Waals surface area contributed by atoms with Crippen molar-refractivity contribution in [3.8, 4) is 11.5 Å². The largest absolute Gasteiger partial charge is 0.435 e. The second kappa shape index (κ2) is 7.94. The van der Waals surface area contributed by atoms with Crippen molar-refractivity contribution in [2.24, 2.45) is 5.10 Å². The van der Waals surface area contributed by atoms with Gasteiger partial charge in [-0.3, -0.25) is 0 Å². The number of alkyl halides is 4. The monoisotopic (exact) mass is 382 g/mol. The third kappa shape index (κ3) is 4.66. The molecule has 0 amide bonds. The van der Waals surface area contributed by atoms with Crippen LogP contribution in [0.2, 0.25) is 0 Å². The van der Waals surface area contributed by atoms with Gasteiger partial charge in [-0.05, 0) is 31.2 Å². The smallest absolute Gasteiger partial charge is 0.387 e. The van der Waals surface area contributed by atoms with Gasteiger partial charge in [-0.1, -0.05) is 12.1 Å². The van der Waals surface area contributed by atoms with Gasteiger partial charge in [0.05, 0.1) is 16.7 Å². The first-order valence-electron chi connectivity index (χ1n) is 7.71. The molecule has 0 atom stereocenters. The van der Waals surface area contributed by atoms with Crippen molar-refractivity contribution in [3.05, 3.63) is 48.0 Å². The summed E-state index contributed by atoms with van der Waals surface area (Å²) in [6.45, 7) is -4.68. The summed E-state index contributed by atoms with van der Waals surface area (Å²) in [6, 6.07) is 10.8. The van der Waals surface area contributed by atoms with Crippen LogP contribution in [0.15, 0.2) is 47.6 Å². The molecule has 3 aromatic rings. The number of H-pyrrole nitrogens is 1. The van der Waals surface area contributed by atoms with E-state index in [9.17, 15) is 17.6 Å². The molecule has 0 fully saturated rings. The summed E-state index contributed by atoms with van der Waals surface area (Å²) in [7, 11) is 0. The van der Waals surface area contributed by atoms with Gasteiger partial charge in [-0.2, -0.15) is 22.7 Å². The molecule has 0 saturated carbocycles. The van der Waals surface area contributed by atoms with E-state index in [0.29, 0.717) is 5.95 Å². The molecule has 0 aliphatic carbocycles. The van der Waals surface area contributed by atoms with Crippen LogP contribution in [0.3, 0.4) is 0 Å². The molecule has 0 spiro atoms. The summed E-state index contributed by atoms with van der Waals surface area (Å²) in [5, 5.41) is 4.08. The summed E-state index contributed by atoms with van der Waals surface area (Å²) in [4.78, 5) is 7.26. The number of hydrazone groups is 1. The molecule has 2 aromatic carbocycles. The summed E-state index contributed by atoms with van der Waals surface area (Å²) >= 11 is 0. The molecule has 2 N–H and O–H groups in total. The van der Waals surface area contributed by atoms with Gasteiger partial charge >= 0.3 is 13.2 Å². The minimum atomic E-state index is -3.14. The Balaban J connectivity index is 1.84. The van der Waals surface area contributed by atoms with Crippen LogP contribution >= 0.6 is 0 Å². The number of ether oxygens (including phenoxy) is 2. The molecule has 1 heterocycles. The van der Waals surface area contributed by atoms with Gasteiger partial charge in [0, 0.05) is 11.6 Å². The predicted molar refractivity (Wildman–Crippen MR) is 91.6 cm³/mol. The normalized spacial score (nSPS) is 12.0. The van der Waals surface area contributed by atoms with Crippen LogP contribution in [-0.2, 0) is 0 Å². The van der Waals surface area contributed by atoms with Gasteiger partial charge in [0.2, 0.25) is 5.95 Å². The second-order valence-electron chi connectivity index (χ2n) is 5.33. The number of halogens is 4. The van der Waals surface area contributed by atoms with Crippen LogP contribution < -0.4 is 14.9 Å². The Bertz CT molecular complexity index is 926. The average Bonchev–Trinajstić information content (AvgIpc) is 3.02. The summed E-state index contributed by atoms with van der Waals surface area (Å²) in [6.07, 6.45) is 0. The fourth-order valence-electron chi connectivity index (χ4n) is 2.37. The van der Waals surface area contributed by atoms with Gasteiger partial charge in [0.15, 0.2) is 0 Å². The van der Waals surface area contributed by atoms with Crippen LogP contribution in [-0.4, -0.2) is 28.9 Å². The lowest BCUT2D eigenvalue weighted by atomic mass is 10.1. The SMILES string of the molecule is CC(=NNc1nc2ccccc2[nH]1)c1ccc(OC(F)F)cc1OC(F)F. The number of hydrogen-bond donors (Lipinski definition) is 2. The van der Waals surface area contributed by atoms with Crippen LogP contribution in [0.5, 0.6) is 11.5 Å². The highest BCUT2D eigenvalue weighted by Crippen LogP contribution is 2.28. The summed E-state index contributed by atoms with van der Waals surface area (Å²) in [5.74, 6) is -0.289. The number of rotatable bonds is 7. The zero-order chi connectivity index (χ0) is 19.4. The van der Waals surface area contributed by atoms with Crippen molar-refractivity contribution < 1.29 is 27.0 Å². The Labute approximate surface area is 150 Å². The molecule has 0 aliphatic rings. The molecule has 0 saturated heterocycles. The average molecular weight is 382 g/mol. The van der Waals surface area contributed by atoms with Crippen molar-refractivity contribution in [2.45, 2.75) is 20.1 Å². The molecule has 10 heteroatoms. The highest BCUT2D eigenvalue weighted by atomic mass is 19.3. The van der Waals surface area contributed by atoms with Crippen molar-refractivity contribution >= 4 is 22.7 Å². The molecule has 27 heavy (non-hydrogen) atoms. The predicted octanol–water partition coefficient (Wildman–Crippen LogP) is 4.60. The molecule has 0 bridgehead atoms. The van der Waals surface area contributed by atoms with Crippen LogP contribution in [0.1, 0.15) is 12.5 Å². The zero-order valence-electron chi connectivity index (χ0n) is 13.9. The Morgan fingerprint density at radius 2 is 1.81 bits per heavy atom. The third-order valence-corrected chi connectivity index (χ3v) is 3.50. The van der Waals surface area contributed by atoms with E-state index in [1.54, 1.807) is 0 Å². The number of aromatic nitrogens is 2. The standard InChI is InChI=1S/C17H14F4N4O2/c1-9(24-25-17-22-12-4-2-3-5-13(12)23-17)11-7-6-10(26-15(18)19)8-14(11)27-16(20)21/h2-8,15-16H,1H3,(H2,22,23,25). The highest BCUT2D eigenvalue weighted by molar-refractivity contribution is 6.01.